The normalized spacial score (nSPS) is 10.5. The molecule has 0 aliphatic heterocycles. The molecule has 0 fully saturated rings. The van der Waals surface area contributed by atoms with Crippen molar-refractivity contribution in [3.05, 3.63) is 54.6 Å². The van der Waals surface area contributed by atoms with E-state index in [1.807, 2.05) is 6.07 Å². The fourth-order valence-corrected chi connectivity index (χ4v) is 2.37. The van der Waals surface area contributed by atoms with Crippen molar-refractivity contribution < 1.29 is 23.4 Å². The van der Waals surface area contributed by atoms with Crippen molar-refractivity contribution in [2.24, 2.45) is 0 Å². The van der Waals surface area contributed by atoms with Crippen LogP contribution in [0.15, 0.2) is 53.5 Å². The minimum Gasteiger partial charge on any atom is -0.493 e. The number of carbonyl (C=O) groups excluding carboxylic acids is 1. The topological polar surface area (TPSA) is 70.8 Å². The largest absolute Gasteiger partial charge is 0.493 e. The summed E-state index contributed by atoms with van der Waals surface area (Å²) in [6, 6.07) is 10.3. The van der Waals surface area contributed by atoms with Gasteiger partial charge in [-0.15, -0.1) is 0 Å². The van der Waals surface area contributed by atoms with Crippen LogP contribution in [-0.4, -0.2) is 31.8 Å². The molecule has 25 heavy (non-hydrogen) atoms. The van der Waals surface area contributed by atoms with Gasteiger partial charge in [0, 0.05) is 5.56 Å². The Kier molecular flexibility index (Phi) is 4.70. The molecule has 128 valence electrons. The molecule has 3 rings (SSSR count). The fourth-order valence-electron chi connectivity index (χ4n) is 2.37. The maximum Gasteiger partial charge on any atom is 0.338 e. The van der Waals surface area contributed by atoms with Crippen LogP contribution in [0.1, 0.15) is 10.4 Å². The van der Waals surface area contributed by atoms with Gasteiger partial charge in [-0.25, -0.2) is 9.78 Å². The third-order valence-electron chi connectivity index (χ3n) is 3.59. The molecule has 0 bridgehead atoms. The summed E-state index contributed by atoms with van der Waals surface area (Å²) in [6.07, 6.45) is 1.52. The van der Waals surface area contributed by atoms with Crippen LogP contribution in [0.2, 0.25) is 0 Å². The number of oxazole rings is 1. The van der Waals surface area contributed by atoms with E-state index in [0.29, 0.717) is 34.1 Å². The van der Waals surface area contributed by atoms with Crippen LogP contribution >= 0.6 is 0 Å². The predicted octanol–water partition coefficient (Wildman–Crippen LogP) is 3.85. The van der Waals surface area contributed by atoms with E-state index in [-0.39, 0.29) is 6.61 Å². The van der Waals surface area contributed by atoms with Gasteiger partial charge in [0.05, 0.1) is 19.8 Å². The number of esters is 1. The lowest BCUT2D eigenvalue weighted by molar-refractivity contribution is 0.0550. The van der Waals surface area contributed by atoms with Crippen molar-refractivity contribution in [3.8, 4) is 23.0 Å². The molecule has 1 aromatic heterocycles. The molecule has 0 radical (unpaired) electrons. The standard InChI is InChI=1S/C19H17NO5/c1-4-9-24-19(21)13-6-7-15-14(10-13)20-18(25-15)12-5-8-16(22-2)17(11-12)23-3/h4-8,10-11H,1,9H2,2-3H3. The molecule has 0 unspecified atom stereocenters. The van der Waals surface area contributed by atoms with Crippen LogP contribution in [0.4, 0.5) is 0 Å². The number of rotatable bonds is 6. The third-order valence-corrected chi connectivity index (χ3v) is 3.59. The molecule has 6 nitrogen and oxygen atoms in total. The number of nitrogens with zero attached hydrogens (tertiary/aromatic N) is 1. The molecular formula is C19H17NO5. The van der Waals surface area contributed by atoms with Crippen LogP contribution in [-0.2, 0) is 4.74 Å². The van der Waals surface area contributed by atoms with Gasteiger partial charge in [0.15, 0.2) is 17.1 Å². The lowest BCUT2D eigenvalue weighted by atomic mass is 10.2. The van der Waals surface area contributed by atoms with Crippen molar-refractivity contribution in [1.29, 1.82) is 0 Å². The zero-order chi connectivity index (χ0) is 17.8. The van der Waals surface area contributed by atoms with E-state index in [1.165, 1.54) is 6.08 Å². The van der Waals surface area contributed by atoms with Crippen LogP contribution in [0.25, 0.3) is 22.6 Å². The third kappa shape index (κ3) is 3.33. The number of ether oxygens (including phenoxy) is 3. The van der Waals surface area contributed by atoms with Gasteiger partial charge in [-0.05, 0) is 36.4 Å². The summed E-state index contributed by atoms with van der Waals surface area (Å²) in [5.74, 6) is 1.19. The monoisotopic (exact) mass is 339 g/mol. The zero-order valence-corrected chi connectivity index (χ0v) is 13.9. The van der Waals surface area contributed by atoms with Crippen LogP contribution < -0.4 is 9.47 Å². The predicted molar refractivity (Wildman–Crippen MR) is 93.0 cm³/mol. The molecule has 1 heterocycles. The van der Waals surface area contributed by atoms with Crippen molar-refractivity contribution in [2.75, 3.05) is 20.8 Å². The first-order chi connectivity index (χ1) is 12.2. The maximum absolute atomic E-state index is 11.9. The molecule has 0 aliphatic carbocycles. The highest BCUT2D eigenvalue weighted by Crippen LogP contribution is 2.33. The van der Waals surface area contributed by atoms with Gasteiger partial charge < -0.3 is 18.6 Å². The second-order valence-corrected chi connectivity index (χ2v) is 5.16. The maximum atomic E-state index is 11.9. The van der Waals surface area contributed by atoms with Crippen molar-refractivity contribution >= 4 is 17.1 Å². The summed E-state index contributed by atoms with van der Waals surface area (Å²) in [6.45, 7) is 3.68. The smallest absolute Gasteiger partial charge is 0.338 e. The Morgan fingerprint density at radius 1 is 1.16 bits per heavy atom. The fraction of sp³-hybridized carbons (Fsp3) is 0.158. The van der Waals surface area contributed by atoms with Crippen molar-refractivity contribution in [2.45, 2.75) is 0 Å². The van der Waals surface area contributed by atoms with E-state index in [2.05, 4.69) is 11.6 Å². The second-order valence-electron chi connectivity index (χ2n) is 5.16. The van der Waals surface area contributed by atoms with Gasteiger partial charge >= 0.3 is 5.97 Å². The molecule has 0 aliphatic rings. The molecule has 0 atom stereocenters. The summed E-state index contributed by atoms with van der Waals surface area (Å²) < 4.78 is 21.3. The minimum atomic E-state index is -0.433. The highest BCUT2D eigenvalue weighted by atomic mass is 16.5. The Hall–Kier alpha value is -3.28. The van der Waals surface area contributed by atoms with Crippen LogP contribution in [0.5, 0.6) is 11.5 Å². The molecule has 0 saturated carbocycles. The lowest BCUT2D eigenvalue weighted by Crippen LogP contribution is -2.04. The number of fused-ring (bicyclic) bond motifs is 1. The van der Waals surface area contributed by atoms with E-state index >= 15 is 0 Å². The van der Waals surface area contributed by atoms with Crippen molar-refractivity contribution in [3.63, 3.8) is 0 Å². The molecule has 0 saturated heterocycles. The van der Waals surface area contributed by atoms with Crippen LogP contribution in [0, 0.1) is 0 Å². The Labute approximate surface area is 144 Å². The molecule has 6 heteroatoms. The SMILES string of the molecule is C=CCOC(=O)c1ccc2oc(-c3ccc(OC)c(OC)c3)nc2c1. The highest BCUT2D eigenvalue weighted by Gasteiger charge is 2.14. The summed E-state index contributed by atoms with van der Waals surface area (Å²) >= 11 is 0. The van der Waals surface area contributed by atoms with Gasteiger partial charge in [-0.2, -0.15) is 0 Å². The number of aromatic nitrogens is 1. The molecule has 2 aromatic carbocycles. The van der Waals surface area contributed by atoms with Gasteiger partial charge in [0.2, 0.25) is 5.89 Å². The van der Waals surface area contributed by atoms with Gasteiger partial charge in [-0.1, -0.05) is 12.7 Å². The Morgan fingerprint density at radius 2 is 1.96 bits per heavy atom. The van der Waals surface area contributed by atoms with E-state index in [4.69, 9.17) is 18.6 Å². The van der Waals surface area contributed by atoms with E-state index in [0.717, 1.165) is 5.56 Å². The number of hydrogen-bond donors (Lipinski definition) is 0. The Morgan fingerprint density at radius 3 is 2.68 bits per heavy atom. The molecule has 0 amide bonds. The zero-order valence-electron chi connectivity index (χ0n) is 13.9. The summed E-state index contributed by atoms with van der Waals surface area (Å²) in [4.78, 5) is 16.4. The quantitative estimate of drug-likeness (QED) is 0.502. The first-order valence-corrected chi connectivity index (χ1v) is 7.57. The van der Waals surface area contributed by atoms with E-state index in [9.17, 15) is 4.79 Å². The van der Waals surface area contributed by atoms with E-state index in [1.54, 1.807) is 44.6 Å². The number of benzene rings is 2. The first-order valence-electron chi connectivity index (χ1n) is 7.57. The second kappa shape index (κ2) is 7.09. The molecule has 3 aromatic rings. The summed E-state index contributed by atoms with van der Waals surface area (Å²) in [5, 5.41) is 0. The summed E-state index contributed by atoms with van der Waals surface area (Å²) in [7, 11) is 3.14. The average molecular weight is 339 g/mol. The molecular weight excluding hydrogens is 322 g/mol. The number of methoxy groups -OCH3 is 2. The number of hydrogen-bond acceptors (Lipinski definition) is 6. The first kappa shape index (κ1) is 16.6. The van der Waals surface area contributed by atoms with E-state index < -0.39 is 5.97 Å². The summed E-state index contributed by atoms with van der Waals surface area (Å²) in [5.41, 5.74) is 2.29. The average Bonchev–Trinajstić information content (AvgIpc) is 3.08. The Bertz CT molecular complexity index is 929. The van der Waals surface area contributed by atoms with Crippen molar-refractivity contribution in [1.82, 2.24) is 4.98 Å². The van der Waals surface area contributed by atoms with Gasteiger partial charge in [0.1, 0.15) is 12.1 Å². The Balaban J connectivity index is 1.96. The minimum absolute atomic E-state index is 0.159. The molecule has 0 N–H and O–H groups in total. The van der Waals surface area contributed by atoms with Gasteiger partial charge in [-0.3, -0.25) is 0 Å². The number of carbonyl (C=O) groups is 1. The van der Waals surface area contributed by atoms with Gasteiger partial charge in [0.25, 0.3) is 0 Å². The van der Waals surface area contributed by atoms with Crippen LogP contribution in [0.3, 0.4) is 0 Å². The molecule has 0 spiro atoms. The lowest BCUT2D eigenvalue weighted by Gasteiger charge is -2.07. The highest BCUT2D eigenvalue weighted by molar-refractivity contribution is 5.93.